The van der Waals surface area contributed by atoms with Crippen molar-refractivity contribution in [2.45, 2.75) is 25.3 Å². The van der Waals surface area contributed by atoms with Crippen molar-refractivity contribution < 1.29 is 8.42 Å². The van der Waals surface area contributed by atoms with Gasteiger partial charge in [0.25, 0.3) is 0 Å². The number of benzene rings is 1. The lowest BCUT2D eigenvalue weighted by Gasteiger charge is -2.20. The van der Waals surface area contributed by atoms with Crippen LogP contribution in [0.3, 0.4) is 0 Å². The second-order valence-corrected chi connectivity index (χ2v) is 8.37. The van der Waals surface area contributed by atoms with E-state index >= 15 is 0 Å². The van der Waals surface area contributed by atoms with Crippen LogP contribution in [-0.4, -0.2) is 33.0 Å². The summed E-state index contributed by atoms with van der Waals surface area (Å²) in [5.74, 6) is 1.04. The van der Waals surface area contributed by atoms with E-state index in [-0.39, 0.29) is 0 Å². The van der Waals surface area contributed by atoms with E-state index in [1.54, 1.807) is 0 Å². The summed E-state index contributed by atoms with van der Waals surface area (Å²) in [5, 5.41) is 3.32. The Morgan fingerprint density at radius 1 is 1.42 bits per heavy atom. The van der Waals surface area contributed by atoms with Crippen molar-refractivity contribution in [2.75, 3.05) is 18.6 Å². The monoisotopic (exact) mass is 345 g/mol. The van der Waals surface area contributed by atoms with Gasteiger partial charge in [0.05, 0.1) is 11.5 Å². The summed E-state index contributed by atoms with van der Waals surface area (Å²) in [6.07, 6.45) is 2.67. The Morgan fingerprint density at radius 3 is 2.74 bits per heavy atom. The second-order valence-electron chi connectivity index (χ2n) is 5.29. The van der Waals surface area contributed by atoms with Gasteiger partial charge in [0.2, 0.25) is 0 Å². The summed E-state index contributed by atoms with van der Waals surface area (Å²) < 4.78 is 24.1. The molecule has 0 saturated carbocycles. The summed E-state index contributed by atoms with van der Waals surface area (Å²) in [5.41, 5.74) is 1.27. The lowest BCUT2D eigenvalue weighted by Crippen LogP contribution is -2.30. The standard InChI is InChI=1S/C14H20BrNO2S/c1-16-13(8-11-6-7-19(17,18)10-11)9-12-4-2-3-5-14(12)15/h2-5,11,13,16H,6-10H2,1H3. The van der Waals surface area contributed by atoms with Crippen LogP contribution >= 0.6 is 15.9 Å². The molecule has 1 aromatic carbocycles. The number of nitrogens with one attached hydrogen (secondary N) is 1. The first kappa shape index (κ1) is 15.0. The average Bonchev–Trinajstić information content (AvgIpc) is 2.70. The maximum atomic E-state index is 11.5. The number of hydrogen-bond acceptors (Lipinski definition) is 3. The van der Waals surface area contributed by atoms with Crippen LogP contribution in [0.1, 0.15) is 18.4 Å². The molecule has 2 rings (SSSR count). The molecule has 1 N–H and O–H groups in total. The molecule has 2 unspecified atom stereocenters. The summed E-state index contributed by atoms with van der Waals surface area (Å²) in [7, 11) is -0.818. The van der Waals surface area contributed by atoms with Gasteiger partial charge in [-0.2, -0.15) is 0 Å². The second kappa shape index (κ2) is 6.37. The van der Waals surface area contributed by atoms with Crippen LogP contribution in [0.25, 0.3) is 0 Å². The van der Waals surface area contributed by atoms with E-state index in [4.69, 9.17) is 0 Å². The van der Waals surface area contributed by atoms with Gasteiger partial charge in [-0.15, -0.1) is 0 Å². The van der Waals surface area contributed by atoms with Gasteiger partial charge in [-0.1, -0.05) is 34.1 Å². The molecule has 5 heteroatoms. The zero-order valence-corrected chi connectivity index (χ0v) is 13.5. The third-order valence-corrected chi connectivity index (χ3v) is 6.39. The molecule has 0 aromatic heterocycles. The van der Waals surface area contributed by atoms with Gasteiger partial charge in [-0.3, -0.25) is 0 Å². The Kier molecular flexibility index (Phi) is 5.03. The van der Waals surface area contributed by atoms with Crippen LogP contribution in [-0.2, 0) is 16.3 Å². The Balaban J connectivity index is 1.96. The highest BCUT2D eigenvalue weighted by atomic mass is 79.9. The lowest BCUT2D eigenvalue weighted by molar-refractivity contribution is 0.423. The predicted octanol–water partition coefficient (Wildman–Crippen LogP) is 2.40. The predicted molar refractivity (Wildman–Crippen MR) is 82.1 cm³/mol. The minimum atomic E-state index is -2.77. The SMILES string of the molecule is CNC(Cc1ccccc1Br)CC1CCS(=O)(=O)C1. The molecular weight excluding hydrogens is 326 g/mol. The molecule has 1 saturated heterocycles. The number of sulfone groups is 1. The highest BCUT2D eigenvalue weighted by molar-refractivity contribution is 9.10. The van der Waals surface area contributed by atoms with Crippen LogP contribution in [0.15, 0.2) is 28.7 Å². The zero-order valence-electron chi connectivity index (χ0n) is 11.1. The number of likely N-dealkylation sites (N-methyl/N-ethyl adjacent to an activating group) is 1. The molecule has 1 fully saturated rings. The summed E-state index contributed by atoms with van der Waals surface area (Å²) in [6.45, 7) is 0. The molecule has 0 amide bonds. The quantitative estimate of drug-likeness (QED) is 0.891. The molecule has 1 aliphatic heterocycles. The van der Waals surface area contributed by atoms with Crippen molar-refractivity contribution >= 4 is 25.8 Å². The van der Waals surface area contributed by atoms with E-state index in [0.29, 0.717) is 23.5 Å². The molecule has 1 aromatic rings. The molecule has 1 aliphatic rings. The van der Waals surface area contributed by atoms with Crippen molar-refractivity contribution in [1.82, 2.24) is 5.32 Å². The van der Waals surface area contributed by atoms with Crippen molar-refractivity contribution in [3.05, 3.63) is 34.3 Å². The van der Waals surface area contributed by atoms with Crippen molar-refractivity contribution in [1.29, 1.82) is 0 Å². The zero-order chi connectivity index (χ0) is 13.9. The van der Waals surface area contributed by atoms with Crippen LogP contribution in [0.4, 0.5) is 0 Å². The Morgan fingerprint density at radius 2 is 2.16 bits per heavy atom. The minimum Gasteiger partial charge on any atom is -0.317 e. The number of hydrogen-bond donors (Lipinski definition) is 1. The number of halogens is 1. The van der Waals surface area contributed by atoms with E-state index in [1.165, 1.54) is 5.56 Å². The average molecular weight is 346 g/mol. The lowest BCUT2D eigenvalue weighted by atomic mass is 9.95. The van der Waals surface area contributed by atoms with Crippen molar-refractivity contribution in [2.24, 2.45) is 5.92 Å². The molecule has 0 radical (unpaired) electrons. The third-order valence-electron chi connectivity index (χ3n) is 3.78. The van der Waals surface area contributed by atoms with Crippen LogP contribution in [0, 0.1) is 5.92 Å². The van der Waals surface area contributed by atoms with Gasteiger partial charge in [0.1, 0.15) is 0 Å². The van der Waals surface area contributed by atoms with E-state index in [0.717, 1.165) is 23.7 Å². The Labute approximate surface area is 123 Å². The van der Waals surface area contributed by atoms with Gasteiger partial charge in [0, 0.05) is 10.5 Å². The van der Waals surface area contributed by atoms with Gasteiger partial charge in [-0.25, -0.2) is 8.42 Å². The fourth-order valence-corrected chi connectivity index (χ4v) is 5.02. The largest absolute Gasteiger partial charge is 0.317 e. The normalized spacial score (nSPS) is 23.4. The Hall–Kier alpha value is -0.390. The third kappa shape index (κ3) is 4.29. The van der Waals surface area contributed by atoms with Gasteiger partial charge < -0.3 is 5.32 Å². The maximum Gasteiger partial charge on any atom is 0.150 e. The van der Waals surface area contributed by atoms with Gasteiger partial charge >= 0.3 is 0 Å². The van der Waals surface area contributed by atoms with E-state index in [1.807, 2.05) is 25.2 Å². The first-order valence-corrected chi connectivity index (χ1v) is 9.22. The molecule has 0 bridgehead atoms. The summed E-state index contributed by atoms with van der Waals surface area (Å²) in [4.78, 5) is 0. The van der Waals surface area contributed by atoms with Gasteiger partial charge in [0.15, 0.2) is 9.84 Å². The van der Waals surface area contributed by atoms with E-state index in [2.05, 4.69) is 27.3 Å². The van der Waals surface area contributed by atoms with Crippen molar-refractivity contribution in [3.8, 4) is 0 Å². The molecule has 106 valence electrons. The molecule has 19 heavy (non-hydrogen) atoms. The first-order chi connectivity index (χ1) is 9.00. The first-order valence-electron chi connectivity index (χ1n) is 6.61. The molecule has 0 spiro atoms. The molecule has 1 heterocycles. The molecular formula is C14H20BrNO2S. The highest BCUT2D eigenvalue weighted by Gasteiger charge is 2.29. The molecule has 2 atom stereocenters. The summed E-state index contributed by atoms with van der Waals surface area (Å²) in [6, 6.07) is 8.53. The molecule has 3 nitrogen and oxygen atoms in total. The topological polar surface area (TPSA) is 46.2 Å². The molecule has 0 aliphatic carbocycles. The minimum absolute atomic E-state index is 0.310. The maximum absolute atomic E-state index is 11.5. The van der Waals surface area contributed by atoms with E-state index < -0.39 is 9.84 Å². The van der Waals surface area contributed by atoms with Crippen molar-refractivity contribution in [3.63, 3.8) is 0 Å². The van der Waals surface area contributed by atoms with Crippen LogP contribution in [0.2, 0.25) is 0 Å². The Bertz CT molecular complexity index is 530. The number of rotatable bonds is 5. The highest BCUT2D eigenvalue weighted by Crippen LogP contribution is 2.25. The van der Waals surface area contributed by atoms with E-state index in [9.17, 15) is 8.42 Å². The fourth-order valence-electron chi connectivity index (χ4n) is 2.69. The van der Waals surface area contributed by atoms with Crippen LogP contribution < -0.4 is 5.32 Å². The van der Waals surface area contributed by atoms with Gasteiger partial charge in [-0.05, 0) is 43.9 Å². The van der Waals surface area contributed by atoms with Crippen LogP contribution in [0.5, 0.6) is 0 Å². The fraction of sp³-hybridized carbons (Fsp3) is 0.571. The smallest absolute Gasteiger partial charge is 0.150 e. The summed E-state index contributed by atoms with van der Waals surface area (Å²) >= 11 is 3.56.